The van der Waals surface area contributed by atoms with E-state index in [1.54, 1.807) is 7.11 Å². The van der Waals surface area contributed by atoms with Gasteiger partial charge >= 0.3 is 5.97 Å². The minimum Gasteiger partial charge on any atom is -0.481 e. The Morgan fingerprint density at radius 3 is 2.85 bits per heavy atom. The second kappa shape index (κ2) is 7.41. The van der Waals surface area contributed by atoms with Crippen LogP contribution in [0.1, 0.15) is 24.3 Å². The summed E-state index contributed by atoms with van der Waals surface area (Å²) in [5, 5.41) is 9.48. The van der Waals surface area contributed by atoms with Crippen molar-refractivity contribution in [3.05, 3.63) is 35.9 Å². The number of hydrogen-bond acceptors (Lipinski definition) is 3. The first-order chi connectivity index (χ1) is 9.70. The number of carbonyl (C=O) groups is 1. The molecule has 0 spiro atoms. The standard InChI is InChI=1S/C16H23NO3/c1-20-12-13-6-5-9-17(10-13)11-15(16(18)19)14-7-3-2-4-8-14/h2-4,7-8,13,15H,5-6,9-12H2,1H3,(H,18,19). The lowest BCUT2D eigenvalue weighted by molar-refractivity contribution is -0.139. The van der Waals surface area contributed by atoms with Crippen LogP contribution in [0.15, 0.2) is 30.3 Å². The van der Waals surface area contributed by atoms with Gasteiger partial charge in [-0.3, -0.25) is 4.79 Å². The van der Waals surface area contributed by atoms with Crippen molar-refractivity contribution in [2.75, 3.05) is 33.4 Å². The van der Waals surface area contributed by atoms with Gasteiger partial charge in [0.15, 0.2) is 0 Å². The van der Waals surface area contributed by atoms with E-state index in [1.807, 2.05) is 30.3 Å². The molecule has 0 amide bonds. The zero-order valence-electron chi connectivity index (χ0n) is 12.0. The molecule has 1 fully saturated rings. The highest BCUT2D eigenvalue weighted by Crippen LogP contribution is 2.22. The molecule has 20 heavy (non-hydrogen) atoms. The van der Waals surface area contributed by atoms with Crippen LogP contribution in [-0.4, -0.2) is 49.3 Å². The molecule has 1 N–H and O–H groups in total. The van der Waals surface area contributed by atoms with Gasteiger partial charge < -0.3 is 14.7 Å². The molecule has 1 aromatic carbocycles. The second-order valence-corrected chi connectivity index (χ2v) is 5.52. The first-order valence-corrected chi connectivity index (χ1v) is 7.19. The van der Waals surface area contributed by atoms with Gasteiger partial charge in [0.25, 0.3) is 0 Å². The summed E-state index contributed by atoms with van der Waals surface area (Å²) in [6.07, 6.45) is 2.29. The zero-order chi connectivity index (χ0) is 14.4. The Morgan fingerprint density at radius 1 is 1.45 bits per heavy atom. The summed E-state index contributed by atoms with van der Waals surface area (Å²) in [5.74, 6) is -0.665. The number of rotatable bonds is 6. The maximum atomic E-state index is 11.5. The van der Waals surface area contributed by atoms with Crippen molar-refractivity contribution in [2.24, 2.45) is 5.92 Å². The number of hydrogen-bond donors (Lipinski definition) is 1. The van der Waals surface area contributed by atoms with Gasteiger partial charge in [0.05, 0.1) is 12.5 Å². The number of methoxy groups -OCH3 is 1. The lowest BCUT2D eigenvalue weighted by Crippen LogP contribution is -2.40. The van der Waals surface area contributed by atoms with Crippen LogP contribution in [-0.2, 0) is 9.53 Å². The Labute approximate surface area is 120 Å². The third-order valence-corrected chi connectivity index (χ3v) is 3.95. The average Bonchev–Trinajstić information content (AvgIpc) is 2.46. The summed E-state index contributed by atoms with van der Waals surface area (Å²) in [5.41, 5.74) is 0.883. The van der Waals surface area contributed by atoms with Gasteiger partial charge in [0, 0.05) is 20.2 Å². The predicted octanol–water partition coefficient (Wildman–Crippen LogP) is 2.21. The molecule has 4 nitrogen and oxygen atoms in total. The van der Waals surface area contributed by atoms with Gasteiger partial charge in [0.1, 0.15) is 0 Å². The topological polar surface area (TPSA) is 49.8 Å². The van der Waals surface area contributed by atoms with Crippen LogP contribution in [0.4, 0.5) is 0 Å². The zero-order valence-corrected chi connectivity index (χ0v) is 12.0. The van der Waals surface area contributed by atoms with Crippen LogP contribution in [0.2, 0.25) is 0 Å². The van der Waals surface area contributed by atoms with E-state index >= 15 is 0 Å². The Hall–Kier alpha value is -1.39. The lowest BCUT2D eigenvalue weighted by atomic mass is 9.94. The number of nitrogens with zero attached hydrogens (tertiary/aromatic N) is 1. The largest absolute Gasteiger partial charge is 0.481 e. The molecular weight excluding hydrogens is 254 g/mol. The molecule has 110 valence electrons. The summed E-state index contributed by atoms with van der Waals surface area (Å²) in [4.78, 5) is 13.8. The molecule has 0 aliphatic carbocycles. The Morgan fingerprint density at radius 2 is 2.20 bits per heavy atom. The maximum absolute atomic E-state index is 11.5. The molecule has 0 bridgehead atoms. The van der Waals surface area contributed by atoms with Crippen LogP contribution in [0, 0.1) is 5.92 Å². The fourth-order valence-electron chi connectivity index (χ4n) is 2.96. The molecule has 1 aliphatic rings. The minimum atomic E-state index is -0.745. The first kappa shape index (κ1) is 15.0. The van der Waals surface area contributed by atoms with Gasteiger partial charge in [0.2, 0.25) is 0 Å². The number of benzene rings is 1. The van der Waals surface area contributed by atoms with E-state index in [1.165, 1.54) is 6.42 Å². The van der Waals surface area contributed by atoms with Crippen molar-refractivity contribution in [3.63, 3.8) is 0 Å². The first-order valence-electron chi connectivity index (χ1n) is 7.19. The molecule has 1 aliphatic heterocycles. The molecule has 1 saturated heterocycles. The van der Waals surface area contributed by atoms with E-state index in [0.29, 0.717) is 12.5 Å². The van der Waals surface area contributed by atoms with Gasteiger partial charge in [-0.2, -0.15) is 0 Å². The van der Waals surface area contributed by atoms with Gasteiger partial charge in [-0.25, -0.2) is 0 Å². The number of aliphatic carboxylic acids is 1. The van der Waals surface area contributed by atoms with E-state index in [4.69, 9.17) is 4.74 Å². The van der Waals surface area contributed by atoms with Crippen LogP contribution < -0.4 is 0 Å². The van der Waals surface area contributed by atoms with Crippen LogP contribution in [0.3, 0.4) is 0 Å². The molecule has 1 heterocycles. The highest BCUT2D eigenvalue weighted by molar-refractivity contribution is 5.76. The van der Waals surface area contributed by atoms with Crippen molar-refractivity contribution in [3.8, 4) is 0 Å². The summed E-state index contributed by atoms with van der Waals surface area (Å²) in [6.45, 7) is 3.26. The monoisotopic (exact) mass is 277 g/mol. The Balaban J connectivity index is 2.00. The van der Waals surface area contributed by atoms with Gasteiger partial charge in [-0.05, 0) is 30.9 Å². The lowest BCUT2D eigenvalue weighted by Gasteiger charge is -2.34. The van der Waals surface area contributed by atoms with E-state index in [0.717, 1.165) is 31.7 Å². The number of carboxylic acids is 1. The van der Waals surface area contributed by atoms with Crippen LogP contribution in [0.25, 0.3) is 0 Å². The smallest absolute Gasteiger partial charge is 0.312 e. The molecule has 2 atom stereocenters. The quantitative estimate of drug-likeness (QED) is 0.866. The molecule has 0 saturated carbocycles. The normalized spacial score (nSPS) is 21.6. The van der Waals surface area contributed by atoms with Gasteiger partial charge in [-0.15, -0.1) is 0 Å². The Bertz CT molecular complexity index is 419. The molecule has 1 aromatic rings. The summed E-state index contributed by atoms with van der Waals surface area (Å²) >= 11 is 0. The summed E-state index contributed by atoms with van der Waals surface area (Å²) in [6, 6.07) is 9.51. The van der Waals surface area contributed by atoms with E-state index < -0.39 is 11.9 Å². The highest BCUT2D eigenvalue weighted by atomic mass is 16.5. The number of carboxylic acid groups (broad SMARTS) is 1. The number of piperidine rings is 1. The van der Waals surface area contributed by atoms with Crippen LogP contribution >= 0.6 is 0 Å². The van der Waals surface area contributed by atoms with Crippen molar-refractivity contribution in [1.82, 2.24) is 4.90 Å². The van der Waals surface area contributed by atoms with E-state index in [-0.39, 0.29) is 0 Å². The third-order valence-electron chi connectivity index (χ3n) is 3.95. The summed E-state index contributed by atoms with van der Waals surface area (Å²) < 4.78 is 5.22. The molecule has 2 unspecified atom stereocenters. The maximum Gasteiger partial charge on any atom is 0.312 e. The number of likely N-dealkylation sites (tertiary alicyclic amines) is 1. The van der Waals surface area contributed by atoms with Crippen molar-refractivity contribution >= 4 is 5.97 Å². The molecule has 0 radical (unpaired) electrons. The highest BCUT2D eigenvalue weighted by Gasteiger charge is 2.26. The number of ether oxygens (including phenoxy) is 1. The summed E-state index contributed by atoms with van der Waals surface area (Å²) in [7, 11) is 1.73. The predicted molar refractivity (Wildman–Crippen MR) is 77.9 cm³/mol. The SMILES string of the molecule is COCC1CCCN(CC(C(=O)O)c2ccccc2)C1. The van der Waals surface area contributed by atoms with Crippen molar-refractivity contribution in [1.29, 1.82) is 0 Å². The minimum absolute atomic E-state index is 0.447. The van der Waals surface area contributed by atoms with Crippen molar-refractivity contribution < 1.29 is 14.6 Å². The van der Waals surface area contributed by atoms with E-state index in [2.05, 4.69) is 4.90 Å². The van der Waals surface area contributed by atoms with Crippen molar-refractivity contribution in [2.45, 2.75) is 18.8 Å². The second-order valence-electron chi connectivity index (χ2n) is 5.52. The third kappa shape index (κ3) is 4.05. The average molecular weight is 277 g/mol. The van der Waals surface area contributed by atoms with E-state index in [9.17, 15) is 9.90 Å². The Kier molecular flexibility index (Phi) is 5.56. The molecule has 2 rings (SSSR count). The van der Waals surface area contributed by atoms with Crippen LogP contribution in [0.5, 0.6) is 0 Å². The fraction of sp³-hybridized carbons (Fsp3) is 0.562. The molecule has 0 aromatic heterocycles. The van der Waals surface area contributed by atoms with Gasteiger partial charge in [-0.1, -0.05) is 30.3 Å². The molecule has 4 heteroatoms. The molecular formula is C16H23NO3. The fourth-order valence-corrected chi connectivity index (χ4v) is 2.96.